The zero-order valence-corrected chi connectivity index (χ0v) is 16.3. The van der Waals surface area contributed by atoms with Crippen molar-refractivity contribution in [2.24, 2.45) is 5.92 Å². The minimum absolute atomic E-state index is 0.0436. The molecule has 0 saturated heterocycles. The zero-order chi connectivity index (χ0) is 19.3. The van der Waals surface area contributed by atoms with Crippen molar-refractivity contribution in [2.75, 3.05) is 20.2 Å². The number of hydrogen-bond donors (Lipinski definition) is 0. The van der Waals surface area contributed by atoms with E-state index in [2.05, 4.69) is 18.4 Å². The van der Waals surface area contributed by atoms with Crippen LogP contribution in [0, 0.1) is 19.8 Å². The van der Waals surface area contributed by atoms with Crippen molar-refractivity contribution in [2.45, 2.75) is 34.1 Å². The molecule has 2 rings (SSSR count). The monoisotopic (exact) mass is 356 g/mol. The van der Waals surface area contributed by atoms with Crippen LogP contribution >= 0.6 is 0 Å². The standard InChI is InChI=1S/C21H28N2O3/c1-15(2)14-22(12-11-20(24)26-5)21(25)19-13-16(3)23(17(19)4)18-9-7-6-8-10-18/h6-10,13,15H,11-12,14H2,1-5H3. The summed E-state index contributed by atoms with van der Waals surface area (Å²) < 4.78 is 6.80. The number of carbonyl (C=O) groups is 2. The van der Waals surface area contributed by atoms with E-state index < -0.39 is 0 Å². The Morgan fingerprint density at radius 1 is 1.15 bits per heavy atom. The molecule has 0 aliphatic rings. The fraction of sp³-hybridized carbons (Fsp3) is 0.429. The first-order valence-electron chi connectivity index (χ1n) is 8.95. The number of aryl methyl sites for hydroxylation is 1. The van der Waals surface area contributed by atoms with Crippen LogP contribution in [0.2, 0.25) is 0 Å². The van der Waals surface area contributed by atoms with Gasteiger partial charge < -0.3 is 14.2 Å². The lowest BCUT2D eigenvalue weighted by atomic mass is 10.1. The van der Waals surface area contributed by atoms with Gasteiger partial charge in [0.15, 0.2) is 0 Å². The Morgan fingerprint density at radius 3 is 2.38 bits per heavy atom. The largest absolute Gasteiger partial charge is 0.469 e. The summed E-state index contributed by atoms with van der Waals surface area (Å²) in [7, 11) is 1.37. The lowest BCUT2D eigenvalue weighted by Gasteiger charge is -2.24. The average molecular weight is 356 g/mol. The molecule has 0 N–H and O–H groups in total. The number of carbonyl (C=O) groups excluding carboxylic acids is 2. The van der Waals surface area contributed by atoms with Crippen LogP contribution in [-0.2, 0) is 9.53 Å². The van der Waals surface area contributed by atoms with Crippen LogP contribution in [0.15, 0.2) is 36.4 Å². The Bertz CT molecular complexity index is 763. The molecule has 1 amide bonds. The van der Waals surface area contributed by atoms with E-state index >= 15 is 0 Å². The Balaban J connectivity index is 2.32. The molecule has 0 aliphatic heterocycles. The van der Waals surface area contributed by atoms with Gasteiger partial charge in [-0.2, -0.15) is 0 Å². The number of para-hydroxylation sites is 1. The van der Waals surface area contributed by atoms with Crippen LogP contribution in [-0.4, -0.2) is 41.5 Å². The highest BCUT2D eigenvalue weighted by Crippen LogP contribution is 2.22. The van der Waals surface area contributed by atoms with Crippen LogP contribution in [0.1, 0.15) is 42.0 Å². The van der Waals surface area contributed by atoms with Crippen LogP contribution in [0.4, 0.5) is 0 Å². The number of hydrogen-bond acceptors (Lipinski definition) is 3. The minimum Gasteiger partial charge on any atom is -0.469 e. The molecule has 0 saturated carbocycles. The molecule has 0 aliphatic carbocycles. The molecule has 26 heavy (non-hydrogen) atoms. The molecule has 0 radical (unpaired) electrons. The summed E-state index contributed by atoms with van der Waals surface area (Å²) in [6, 6.07) is 11.9. The van der Waals surface area contributed by atoms with Gasteiger partial charge in [-0.1, -0.05) is 32.0 Å². The van der Waals surface area contributed by atoms with Crippen LogP contribution < -0.4 is 0 Å². The van der Waals surface area contributed by atoms with Crippen LogP contribution in [0.5, 0.6) is 0 Å². The number of esters is 1. The molecule has 0 spiro atoms. The van der Waals surface area contributed by atoms with Crippen LogP contribution in [0.25, 0.3) is 5.69 Å². The molecule has 2 aromatic rings. The van der Waals surface area contributed by atoms with E-state index in [-0.39, 0.29) is 18.3 Å². The van der Waals surface area contributed by atoms with E-state index in [0.717, 1.165) is 17.1 Å². The van der Waals surface area contributed by atoms with Crippen molar-refractivity contribution >= 4 is 11.9 Å². The summed E-state index contributed by atoms with van der Waals surface area (Å²) >= 11 is 0. The molecular formula is C21H28N2O3. The number of rotatable bonds is 7. The lowest BCUT2D eigenvalue weighted by molar-refractivity contribution is -0.140. The normalized spacial score (nSPS) is 10.8. The van der Waals surface area contributed by atoms with Gasteiger partial charge in [-0.05, 0) is 38.0 Å². The molecule has 5 heteroatoms. The van der Waals surface area contributed by atoms with Crippen molar-refractivity contribution in [3.05, 3.63) is 53.3 Å². The van der Waals surface area contributed by atoms with Gasteiger partial charge in [0.05, 0.1) is 19.1 Å². The summed E-state index contributed by atoms with van der Waals surface area (Å²) in [5.74, 6) is -0.0339. The minimum atomic E-state index is -0.304. The van der Waals surface area contributed by atoms with Crippen molar-refractivity contribution in [1.82, 2.24) is 9.47 Å². The number of aromatic nitrogens is 1. The van der Waals surface area contributed by atoms with Gasteiger partial charge >= 0.3 is 5.97 Å². The summed E-state index contributed by atoms with van der Waals surface area (Å²) in [6.45, 7) is 9.04. The Kier molecular flexibility index (Phi) is 6.61. The number of nitrogens with zero attached hydrogens (tertiary/aromatic N) is 2. The highest BCUT2D eigenvalue weighted by Gasteiger charge is 2.23. The Morgan fingerprint density at radius 2 is 1.81 bits per heavy atom. The number of methoxy groups -OCH3 is 1. The predicted molar refractivity (Wildman–Crippen MR) is 103 cm³/mol. The third-order valence-corrected chi connectivity index (χ3v) is 4.36. The van der Waals surface area contributed by atoms with E-state index in [1.165, 1.54) is 7.11 Å². The second-order valence-corrected chi connectivity index (χ2v) is 6.93. The zero-order valence-electron chi connectivity index (χ0n) is 16.3. The van der Waals surface area contributed by atoms with Crippen molar-refractivity contribution in [3.8, 4) is 5.69 Å². The van der Waals surface area contributed by atoms with E-state index in [1.807, 2.05) is 50.2 Å². The first-order chi connectivity index (χ1) is 12.3. The topological polar surface area (TPSA) is 51.5 Å². The van der Waals surface area contributed by atoms with Gasteiger partial charge in [0.2, 0.25) is 0 Å². The molecular weight excluding hydrogens is 328 g/mol. The van der Waals surface area contributed by atoms with E-state index in [0.29, 0.717) is 24.6 Å². The summed E-state index contributed by atoms with van der Waals surface area (Å²) in [4.78, 5) is 26.4. The van der Waals surface area contributed by atoms with Crippen molar-refractivity contribution in [3.63, 3.8) is 0 Å². The van der Waals surface area contributed by atoms with E-state index in [9.17, 15) is 9.59 Å². The maximum Gasteiger partial charge on any atom is 0.307 e. The molecule has 0 atom stereocenters. The first kappa shape index (κ1) is 19.8. The maximum atomic E-state index is 13.2. The molecule has 0 fully saturated rings. The second-order valence-electron chi connectivity index (χ2n) is 6.93. The maximum absolute atomic E-state index is 13.2. The van der Waals surface area contributed by atoms with Gasteiger partial charge in [-0.15, -0.1) is 0 Å². The average Bonchev–Trinajstić information content (AvgIpc) is 2.92. The van der Waals surface area contributed by atoms with Gasteiger partial charge in [0.25, 0.3) is 5.91 Å². The number of benzene rings is 1. The summed E-state index contributed by atoms with van der Waals surface area (Å²) in [6.07, 6.45) is 0.201. The van der Waals surface area contributed by atoms with Gasteiger partial charge in [-0.25, -0.2) is 0 Å². The molecule has 140 valence electrons. The Labute approximate surface area is 155 Å². The summed E-state index contributed by atoms with van der Waals surface area (Å²) in [5, 5.41) is 0. The van der Waals surface area contributed by atoms with Crippen molar-refractivity contribution in [1.29, 1.82) is 0 Å². The third-order valence-electron chi connectivity index (χ3n) is 4.36. The first-order valence-corrected chi connectivity index (χ1v) is 8.95. The quantitative estimate of drug-likeness (QED) is 0.710. The molecule has 0 unspecified atom stereocenters. The lowest BCUT2D eigenvalue weighted by Crippen LogP contribution is -2.36. The number of ether oxygens (including phenoxy) is 1. The number of amides is 1. The highest BCUT2D eigenvalue weighted by molar-refractivity contribution is 5.96. The van der Waals surface area contributed by atoms with E-state index in [1.54, 1.807) is 4.90 Å². The summed E-state index contributed by atoms with van der Waals surface area (Å²) in [5.41, 5.74) is 3.63. The molecule has 0 bridgehead atoms. The second kappa shape index (κ2) is 8.70. The Hall–Kier alpha value is -2.56. The highest BCUT2D eigenvalue weighted by atomic mass is 16.5. The smallest absolute Gasteiger partial charge is 0.307 e. The van der Waals surface area contributed by atoms with Gasteiger partial charge in [0.1, 0.15) is 0 Å². The van der Waals surface area contributed by atoms with Crippen molar-refractivity contribution < 1.29 is 14.3 Å². The SMILES string of the molecule is COC(=O)CCN(CC(C)C)C(=O)c1cc(C)n(-c2ccccc2)c1C. The van der Waals surface area contributed by atoms with Gasteiger partial charge in [0, 0.05) is 30.2 Å². The fourth-order valence-electron chi connectivity index (χ4n) is 3.17. The fourth-order valence-corrected chi connectivity index (χ4v) is 3.17. The predicted octanol–water partition coefficient (Wildman–Crippen LogP) is 3.76. The van der Waals surface area contributed by atoms with Gasteiger partial charge in [-0.3, -0.25) is 9.59 Å². The third kappa shape index (κ3) is 4.54. The van der Waals surface area contributed by atoms with Crippen LogP contribution in [0.3, 0.4) is 0 Å². The molecule has 5 nitrogen and oxygen atoms in total. The molecule has 1 aromatic heterocycles. The van der Waals surface area contributed by atoms with E-state index in [4.69, 9.17) is 4.74 Å². The molecule has 1 aromatic carbocycles. The molecule has 1 heterocycles.